The summed E-state index contributed by atoms with van der Waals surface area (Å²) in [6.45, 7) is 0. The van der Waals surface area contributed by atoms with E-state index in [-0.39, 0.29) is 6.42 Å². The Labute approximate surface area is 94.9 Å². The quantitative estimate of drug-likeness (QED) is 0.339. The maximum absolute atomic E-state index is 12.8. The fourth-order valence-electron chi connectivity index (χ4n) is 1.52. The van der Waals surface area contributed by atoms with Crippen LogP contribution in [0.5, 0.6) is 0 Å². The minimum Gasteiger partial charge on any atom is -0.710 e. The number of esters is 1. The molecular weight excluding hydrogens is 246 g/mol. The van der Waals surface area contributed by atoms with Gasteiger partial charge in [0.1, 0.15) is 6.10 Å². The second-order valence-electron chi connectivity index (χ2n) is 3.52. The third-order valence-electron chi connectivity index (χ3n) is 2.25. The number of alkyl halides is 2. The molecule has 8 heteroatoms. The van der Waals surface area contributed by atoms with Gasteiger partial charge in [0.2, 0.25) is 0 Å². The predicted octanol–water partition coefficient (Wildman–Crippen LogP) is 0.366. The number of aliphatic hydroxyl groups excluding tert-OH is 1. The number of halogens is 2. The molecule has 0 saturated heterocycles. The molecule has 0 heterocycles. The highest BCUT2D eigenvalue weighted by atomic mass is 32.2. The van der Waals surface area contributed by atoms with Crippen LogP contribution in [0.15, 0.2) is 0 Å². The molecule has 0 spiro atoms. The zero-order valence-corrected chi connectivity index (χ0v) is 9.04. The van der Waals surface area contributed by atoms with Crippen molar-refractivity contribution in [1.29, 1.82) is 0 Å². The van der Waals surface area contributed by atoms with Crippen LogP contribution in [0.1, 0.15) is 25.7 Å². The lowest BCUT2D eigenvalue weighted by Crippen LogP contribution is -2.35. The van der Waals surface area contributed by atoms with E-state index in [2.05, 4.69) is 9.07 Å². The third kappa shape index (κ3) is 3.85. The molecule has 2 unspecified atom stereocenters. The first-order valence-corrected chi connectivity index (χ1v) is 5.44. The zero-order chi connectivity index (χ0) is 12.2. The average Bonchev–Trinajstić information content (AvgIpc) is 2.17. The van der Waals surface area contributed by atoms with Gasteiger partial charge in [-0.1, -0.05) is 0 Å². The summed E-state index contributed by atoms with van der Waals surface area (Å²) in [6, 6.07) is 0. The molecule has 0 bridgehead atoms. The molecule has 1 saturated carbocycles. The fourth-order valence-corrected chi connectivity index (χ4v) is 1.73. The Balaban J connectivity index is 2.44. The van der Waals surface area contributed by atoms with E-state index >= 15 is 0 Å². The first-order valence-electron chi connectivity index (χ1n) is 4.70. The Hall–Kier alpha value is -0.440. The van der Waals surface area contributed by atoms with Crippen molar-refractivity contribution in [2.24, 2.45) is 0 Å². The van der Waals surface area contributed by atoms with Crippen molar-refractivity contribution in [1.82, 2.24) is 0 Å². The first kappa shape index (κ1) is 13.6. The van der Waals surface area contributed by atoms with E-state index in [1.807, 2.05) is 0 Å². The predicted molar refractivity (Wildman–Crippen MR) is 48.0 cm³/mol. The van der Waals surface area contributed by atoms with Crippen molar-refractivity contribution in [3.8, 4) is 0 Å². The highest BCUT2D eigenvalue weighted by Gasteiger charge is 2.43. The highest BCUT2D eigenvalue weighted by Crippen LogP contribution is 2.31. The molecule has 1 rings (SSSR count). The van der Waals surface area contributed by atoms with Crippen molar-refractivity contribution in [3.63, 3.8) is 0 Å². The lowest BCUT2D eigenvalue weighted by molar-refractivity contribution is -0.630. The van der Waals surface area contributed by atoms with E-state index in [1.165, 1.54) is 0 Å². The van der Waals surface area contributed by atoms with Gasteiger partial charge in [-0.25, -0.2) is 4.79 Å². The summed E-state index contributed by atoms with van der Waals surface area (Å²) in [5.41, 5.74) is 0. The van der Waals surface area contributed by atoms with Crippen LogP contribution in [-0.4, -0.2) is 28.5 Å². The maximum atomic E-state index is 12.8. The van der Waals surface area contributed by atoms with Crippen molar-refractivity contribution in [2.45, 2.75) is 43.1 Å². The molecule has 0 aromatic carbocycles. The molecule has 1 aliphatic rings. The van der Waals surface area contributed by atoms with Crippen molar-refractivity contribution in [2.75, 3.05) is 0 Å². The van der Waals surface area contributed by atoms with Crippen molar-refractivity contribution in [3.05, 3.63) is 0 Å². The summed E-state index contributed by atoms with van der Waals surface area (Å²) in [5.74, 6) is -1.81. The van der Waals surface area contributed by atoms with E-state index in [4.69, 9.17) is 0 Å². The monoisotopic (exact) mass is 257 g/mol. The average molecular weight is 257 g/mol. The van der Waals surface area contributed by atoms with E-state index < -0.39 is 35.5 Å². The minimum atomic E-state index is -4.01. The van der Waals surface area contributed by atoms with Gasteiger partial charge in [0.15, 0.2) is 0 Å². The summed E-state index contributed by atoms with van der Waals surface area (Å²) in [5, 5.41) is 14.8. The molecule has 5 nitrogen and oxygen atoms in total. The number of carbonyl (C=O) groups is 1. The largest absolute Gasteiger partial charge is 0.710 e. The van der Waals surface area contributed by atoms with Gasteiger partial charge < -0.3 is 19.4 Å². The second kappa shape index (κ2) is 5.76. The van der Waals surface area contributed by atoms with Crippen molar-refractivity contribution < 1.29 is 33.0 Å². The van der Waals surface area contributed by atoms with Gasteiger partial charge in [-0.3, -0.25) is 0 Å². The lowest BCUT2D eigenvalue weighted by Gasteiger charge is -2.27. The molecule has 1 N–H and O–H groups in total. The van der Waals surface area contributed by atoms with E-state index in [0.717, 1.165) is 0 Å². The Morgan fingerprint density at radius 1 is 1.50 bits per heavy atom. The van der Waals surface area contributed by atoms with Gasteiger partial charge in [0, 0.05) is 6.42 Å². The molecule has 0 aromatic heterocycles. The van der Waals surface area contributed by atoms with Crippen LogP contribution in [0, 0.1) is 0 Å². The second-order valence-corrected chi connectivity index (χ2v) is 4.33. The molecule has 2 atom stereocenters. The molecule has 16 heavy (non-hydrogen) atoms. The topological polar surface area (TPSA) is 78.8 Å². The van der Waals surface area contributed by atoms with E-state index in [1.54, 1.807) is 0 Å². The molecular formula is C8H11F2O5S-. The van der Waals surface area contributed by atoms with Crippen LogP contribution < -0.4 is 5.26 Å². The van der Waals surface area contributed by atoms with Crippen molar-refractivity contribution >= 4 is 18.0 Å². The summed E-state index contributed by atoms with van der Waals surface area (Å²) in [4.78, 5) is 10.9. The fraction of sp³-hybridized carbons (Fsp3) is 0.875. The molecule has 0 amide bonds. The lowest BCUT2D eigenvalue weighted by atomic mass is 9.95. The number of aliphatic hydroxyl groups is 1. The number of hydrogen-bond donors (Lipinski definition) is 1. The van der Waals surface area contributed by atoms with E-state index in [9.17, 15) is 23.9 Å². The maximum Gasteiger partial charge on any atom is 0.412 e. The SMILES string of the molecule is O=C(OC1CCCC(O)C1)C(F)(F)SO[O-]. The number of ether oxygens (including phenoxy) is 1. The van der Waals surface area contributed by atoms with Gasteiger partial charge in [-0.15, -0.1) is 0 Å². The zero-order valence-electron chi connectivity index (χ0n) is 8.23. The van der Waals surface area contributed by atoms with Gasteiger partial charge in [0.25, 0.3) is 0 Å². The van der Waals surface area contributed by atoms with Crippen LogP contribution in [0.3, 0.4) is 0 Å². The Morgan fingerprint density at radius 2 is 2.19 bits per heavy atom. The Bertz CT molecular complexity index is 251. The van der Waals surface area contributed by atoms with Gasteiger partial charge in [0.05, 0.1) is 18.1 Å². The number of rotatable bonds is 4. The standard InChI is InChI=1S/C8H12F2O5S/c9-8(10,16-15-13)7(12)14-6-3-1-2-5(11)4-6/h5-6,11,13H,1-4H2/p-1. The summed E-state index contributed by atoms with van der Waals surface area (Å²) in [7, 11) is 0. The van der Waals surface area contributed by atoms with Gasteiger partial charge in [-0.2, -0.15) is 8.78 Å². The Morgan fingerprint density at radius 3 is 2.75 bits per heavy atom. The minimum absolute atomic E-state index is 0.144. The van der Waals surface area contributed by atoms with Crippen LogP contribution >= 0.6 is 12.0 Å². The number of hydrogen-bond acceptors (Lipinski definition) is 6. The van der Waals surface area contributed by atoms with E-state index in [0.29, 0.717) is 19.3 Å². The van der Waals surface area contributed by atoms with Gasteiger partial charge >= 0.3 is 11.2 Å². The molecule has 94 valence electrons. The summed E-state index contributed by atoms with van der Waals surface area (Å²) in [6.07, 6.45) is 0.392. The summed E-state index contributed by atoms with van der Waals surface area (Å²) >= 11 is -0.795. The third-order valence-corrected chi connectivity index (χ3v) is 2.69. The molecule has 0 aliphatic heterocycles. The number of carbonyl (C=O) groups excluding carboxylic acids is 1. The van der Waals surface area contributed by atoms with Crippen LogP contribution in [0.4, 0.5) is 8.78 Å². The Kier molecular flexibility index (Phi) is 4.90. The van der Waals surface area contributed by atoms with Gasteiger partial charge in [-0.05, 0) is 19.3 Å². The van der Waals surface area contributed by atoms with Crippen LogP contribution in [-0.2, 0) is 13.9 Å². The van der Waals surface area contributed by atoms with Crippen LogP contribution in [0.2, 0.25) is 0 Å². The molecule has 0 radical (unpaired) electrons. The van der Waals surface area contributed by atoms with Crippen LogP contribution in [0.25, 0.3) is 0 Å². The normalized spacial score (nSPS) is 26.5. The molecule has 1 fully saturated rings. The first-order chi connectivity index (χ1) is 7.45. The smallest absolute Gasteiger partial charge is 0.412 e. The molecule has 1 aliphatic carbocycles. The highest BCUT2D eigenvalue weighted by molar-refractivity contribution is 7.96. The summed E-state index contributed by atoms with van der Waals surface area (Å²) < 4.78 is 32.9. The molecule has 0 aromatic rings.